The van der Waals surface area contributed by atoms with Crippen molar-refractivity contribution in [1.82, 2.24) is 5.32 Å². The predicted molar refractivity (Wildman–Crippen MR) is 69.6 cm³/mol. The van der Waals surface area contributed by atoms with Crippen molar-refractivity contribution in [2.24, 2.45) is 0 Å². The van der Waals surface area contributed by atoms with E-state index >= 15 is 0 Å². The third-order valence-corrected chi connectivity index (χ3v) is 2.52. The lowest BCUT2D eigenvalue weighted by atomic mass is 10.1. The van der Waals surface area contributed by atoms with Crippen LogP contribution >= 0.6 is 0 Å². The first-order valence-corrected chi connectivity index (χ1v) is 5.43. The number of hydrogen-bond acceptors (Lipinski definition) is 2. The number of carbonyl (C=O) groups excluding carboxylic acids is 1. The smallest absolute Gasteiger partial charge is 0.257 e. The first-order chi connectivity index (χ1) is 8.26. The molecule has 1 aromatic rings. The molecule has 0 saturated heterocycles. The maximum Gasteiger partial charge on any atom is 0.257 e. The van der Waals surface area contributed by atoms with Crippen LogP contribution in [0.5, 0.6) is 0 Å². The fourth-order valence-electron chi connectivity index (χ4n) is 1.72. The van der Waals surface area contributed by atoms with Crippen LogP contribution in [0.3, 0.4) is 0 Å². The van der Waals surface area contributed by atoms with Crippen molar-refractivity contribution in [3.8, 4) is 0 Å². The number of nitrogens with one attached hydrogen (secondary N) is 2. The first kappa shape index (κ1) is 11.2. The molecule has 17 heavy (non-hydrogen) atoms. The van der Waals surface area contributed by atoms with Gasteiger partial charge in [-0.25, -0.2) is 0 Å². The summed E-state index contributed by atoms with van der Waals surface area (Å²) in [6.45, 7) is 5.63. The van der Waals surface area contributed by atoms with E-state index in [2.05, 4.69) is 17.2 Å². The predicted octanol–water partition coefficient (Wildman–Crippen LogP) is 2.82. The summed E-state index contributed by atoms with van der Waals surface area (Å²) in [5.41, 5.74) is 2.95. The number of anilines is 1. The Hall–Kier alpha value is -2.29. The Morgan fingerprint density at radius 3 is 2.65 bits per heavy atom. The molecule has 0 bridgehead atoms. The topological polar surface area (TPSA) is 41.1 Å². The monoisotopic (exact) mass is 226 g/mol. The molecule has 3 nitrogen and oxygen atoms in total. The Morgan fingerprint density at radius 2 is 1.94 bits per heavy atom. The number of allylic oxidation sites excluding steroid dienone is 3. The minimum absolute atomic E-state index is 0.123. The summed E-state index contributed by atoms with van der Waals surface area (Å²) in [6.07, 6.45) is 5.44. The Bertz CT molecular complexity index is 527. The van der Waals surface area contributed by atoms with E-state index < -0.39 is 0 Å². The Kier molecular flexibility index (Phi) is 3.10. The van der Waals surface area contributed by atoms with Crippen LogP contribution in [-0.4, -0.2) is 5.91 Å². The van der Waals surface area contributed by atoms with E-state index in [0.29, 0.717) is 11.3 Å². The summed E-state index contributed by atoms with van der Waals surface area (Å²) >= 11 is 0. The molecule has 2 N–H and O–H groups in total. The van der Waals surface area contributed by atoms with E-state index in [4.69, 9.17) is 0 Å². The van der Waals surface area contributed by atoms with Crippen LogP contribution < -0.4 is 10.6 Å². The molecule has 0 saturated carbocycles. The maximum absolute atomic E-state index is 12.0. The van der Waals surface area contributed by atoms with Crippen LogP contribution in [0, 0.1) is 0 Å². The van der Waals surface area contributed by atoms with Gasteiger partial charge in [0.1, 0.15) is 0 Å². The van der Waals surface area contributed by atoms with Crippen LogP contribution in [-0.2, 0) is 0 Å². The van der Waals surface area contributed by atoms with Gasteiger partial charge in [-0.15, -0.1) is 0 Å². The lowest BCUT2D eigenvalue weighted by Crippen LogP contribution is -2.21. The average molecular weight is 226 g/mol. The van der Waals surface area contributed by atoms with Crippen molar-refractivity contribution in [2.75, 3.05) is 5.32 Å². The molecule has 86 valence electrons. The van der Waals surface area contributed by atoms with Crippen LogP contribution in [0.4, 0.5) is 5.69 Å². The van der Waals surface area contributed by atoms with Gasteiger partial charge >= 0.3 is 0 Å². The van der Waals surface area contributed by atoms with Gasteiger partial charge in [-0.2, -0.15) is 0 Å². The zero-order valence-corrected chi connectivity index (χ0v) is 9.66. The number of rotatable bonds is 2. The van der Waals surface area contributed by atoms with Crippen LogP contribution in [0.25, 0.3) is 0 Å². The van der Waals surface area contributed by atoms with E-state index in [1.807, 2.05) is 37.3 Å². The van der Waals surface area contributed by atoms with Crippen LogP contribution in [0.2, 0.25) is 0 Å². The Labute approximate surface area is 101 Å². The van der Waals surface area contributed by atoms with Crippen molar-refractivity contribution in [3.05, 3.63) is 66.0 Å². The average Bonchev–Trinajstić information content (AvgIpc) is 2.48. The number of amides is 1. The molecule has 0 spiro atoms. The van der Waals surface area contributed by atoms with E-state index in [1.54, 1.807) is 12.1 Å². The molecular formula is C14H14N2O. The van der Waals surface area contributed by atoms with Gasteiger partial charge in [0.25, 0.3) is 5.91 Å². The standard InChI is InChI=1S/C14H14N2O/c1-3-7-13-11(4-2)16-14(17)10-8-5-6-9-12(10)15-13/h3-9,15H,2H2,1H3,(H,16,17)/b7-3-. The minimum Gasteiger partial charge on any atom is -0.353 e. The number of carbonyl (C=O) groups is 1. The lowest BCUT2D eigenvalue weighted by Gasteiger charge is -2.07. The summed E-state index contributed by atoms with van der Waals surface area (Å²) in [5, 5.41) is 6.06. The summed E-state index contributed by atoms with van der Waals surface area (Å²) in [6, 6.07) is 7.40. The van der Waals surface area contributed by atoms with E-state index in [-0.39, 0.29) is 5.91 Å². The number of fused-ring (bicyclic) bond motifs is 1. The Morgan fingerprint density at radius 1 is 1.18 bits per heavy atom. The van der Waals surface area contributed by atoms with Crippen molar-refractivity contribution < 1.29 is 4.79 Å². The third kappa shape index (κ3) is 2.13. The number of para-hydroxylation sites is 1. The van der Waals surface area contributed by atoms with E-state index in [9.17, 15) is 4.79 Å². The second kappa shape index (κ2) is 4.70. The van der Waals surface area contributed by atoms with Crippen LogP contribution in [0.15, 0.2) is 60.5 Å². The molecule has 0 aromatic heterocycles. The van der Waals surface area contributed by atoms with Crippen molar-refractivity contribution in [3.63, 3.8) is 0 Å². The Balaban J connectivity index is 2.53. The molecule has 1 heterocycles. The molecule has 2 rings (SSSR count). The summed E-state index contributed by atoms with van der Waals surface area (Å²) < 4.78 is 0. The highest BCUT2D eigenvalue weighted by Gasteiger charge is 2.17. The van der Waals surface area contributed by atoms with Crippen molar-refractivity contribution in [1.29, 1.82) is 0 Å². The molecule has 1 aromatic carbocycles. The van der Waals surface area contributed by atoms with Gasteiger partial charge in [0, 0.05) is 0 Å². The molecule has 0 fully saturated rings. The van der Waals surface area contributed by atoms with Gasteiger partial charge in [-0.05, 0) is 31.2 Å². The van der Waals surface area contributed by atoms with Gasteiger partial charge in [0.15, 0.2) is 0 Å². The molecule has 0 radical (unpaired) electrons. The van der Waals surface area contributed by atoms with Crippen molar-refractivity contribution in [2.45, 2.75) is 6.92 Å². The highest BCUT2D eigenvalue weighted by molar-refractivity contribution is 6.02. The van der Waals surface area contributed by atoms with Crippen LogP contribution in [0.1, 0.15) is 17.3 Å². The quantitative estimate of drug-likeness (QED) is 0.814. The highest BCUT2D eigenvalue weighted by Crippen LogP contribution is 2.22. The molecule has 1 aliphatic heterocycles. The zero-order valence-electron chi connectivity index (χ0n) is 9.66. The fraction of sp³-hybridized carbons (Fsp3) is 0.0714. The van der Waals surface area contributed by atoms with Gasteiger partial charge in [-0.1, -0.05) is 24.8 Å². The lowest BCUT2D eigenvalue weighted by molar-refractivity contribution is 0.0968. The number of hydrogen-bond donors (Lipinski definition) is 2. The van der Waals surface area contributed by atoms with Gasteiger partial charge < -0.3 is 10.6 Å². The summed E-state index contributed by atoms with van der Waals surface area (Å²) in [5.74, 6) is -0.123. The molecule has 1 aliphatic rings. The maximum atomic E-state index is 12.0. The zero-order chi connectivity index (χ0) is 12.3. The van der Waals surface area contributed by atoms with E-state index in [1.165, 1.54) is 0 Å². The molecule has 1 amide bonds. The summed E-state index contributed by atoms with van der Waals surface area (Å²) in [7, 11) is 0. The molecule has 0 atom stereocenters. The molecular weight excluding hydrogens is 212 g/mol. The third-order valence-electron chi connectivity index (χ3n) is 2.52. The van der Waals surface area contributed by atoms with Gasteiger partial charge in [-0.3, -0.25) is 4.79 Å². The fourth-order valence-corrected chi connectivity index (χ4v) is 1.72. The van der Waals surface area contributed by atoms with E-state index in [0.717, 1.165) is 11.4 Å². The molecule has 0 unspecified atom stereocenters. The molecule has 0 aliphatic carbocycles. The van der Waals surface area contributed by atoms with Gasteiger partial charge in [0.05, 0.1) is 22.6 Å². The van der Waals surface area contributed by atoms with Gasteiger partial charge in [0.2, 0.25) is 0 Å². The SMILES string of the molecule is C=CC1=C(/C=C\C)Nc2ccccc2C(=O)N1. The van der Waals surface area contributed by atoms with Crippen molar-refractivity contribution >= 4 is 11.6 Å². The first-order valence-electron chi connectivity index (χ1n) is 5.43. The second-order valence-corrected chi connectivity index (χ2v) is 3.66. The largest absolute Gasteiger partial charge is 0.353 e. The number of benzene rings is 1. The molecule has 3 heteroatoms. The normalized spacial score (nSPS) is 15.0. The second-order valence-electron chi connectivity index (χ2n) is 3.66. The highest BCUT2D eigenvalue weighted by atomic mass is 16.1. The summed E-state index contributed by atoms with van der Waals surface area (Å²) in [4.78, 5) is 12.0. The minimum atomic E-state index is -0.123.